The van der Waals surface area contributed by atoms with Crippen LogP contribution in [0.25, 0.3) is 0 Å². The molecule has 0 aliphatic heterocycles. The van der Waals surface area contributed by atoms with E-state index in [1.807, 2.05) is 0 Å². The van der Waals surface area contributed by atoms with E-state index in [1.54, 1.807) is 6.92 Å². The summed E-state index contributed by atoms with van der Waals surface area (Å²) in [7, 11) is 2.08. The first-order chi connectivity index (χ1) is 5.40. The predicted molar refractivity (Wildman–Crippen MR) is 52.3 cm³/mol. The Balaban J connectivity index is 3.86. The van der Waals surface area contributed by atoms with Crippen molar-refractivity contribution in [1.82, 2.24) is 4.90 Å². The Kier molecular flexibility index (Phi) is 4.46. The van der Waals surface area contributed by atoms with Crippen LogP contribution in [0.2, 0.25) is 0 Å². The van der Waals surface area contributed by atoms with Crippen molar-refractivity contribution >= 4 is 5.78 Å². The molecule has 0 unspecified atom stereocenters. The van der Waals surface area contributed by atoms with Gasteiger partial charge in [0, 0.05) is 18.5 Å². The van der Waals surface area contributed by atoms with Gasteiger partial charge >= 0.3 is 0 Å². The second kappa shape index (κ2) is 4.61. The minimum absolute atomic E-state index is 0.218. The van der Waals surface area contributed by atoms with E-state index in [2.05, 4.69) is 32.7 Å². The Morgan fingerprint density at radius 1 is 1.42 bits per heavy atom. The van der Waals surface area contributed by atoms with Crippen LogP contribution in [0, 0.1) is 0 Å². The Hall–Kier alpha value is -0.370. The zero-order valence-electron chi connectivity index (χ0n) is 8.98. The SMILES string of the molecule is CCC(C)(C)N(C)CCC(C)=O. The van der Waals surface area contributed by atoms with E-state index in [0.717, 1.165) is 13.0 Å². The standard InChI is InChI=1S/C10H21NO/c1-6-10(3,4)11(5)8-7-9(2)12/h6-8H2,1-5H3. The maximum Gasteiger partial charge on any atom is 0.131 e. The maximum absolute atomic E-state index is 10.7. The number of hydrogen-bond acceptors (Lipinski definition) is 2. The molecule has 0 bridgehead atoms. The first kappa shape index (κ1) is 11.6. The van der Waals surface area contributed by atoms with Crippen LogP contribution in [-0.2, 0) is 4.79 Å². The van der Waals surface area contributed by atoms with Crippen LogP contribution >= 0.6 is 0 Å². The van der Waals surface area contributed by atoms with Crippen LogP contribution in [0.15, 0.2) is 0 Å². The highest BCUT2D eigenvalue weighted by Crippen LogP contribution is 2.16. The zero-order chi connectivity index (χ0) is 9.78. The van der Waals surface area contributed by atoms with Gasteiger partial charge in [-0.05, 0) is 34.2 Å². The van der Waals surface area contributed by atoms with Crippen LogP contribution in [0.5, 0.6) is 0 Å². The molecule has 0 aliphatic carbocycles. The molecule has 0 aromatic carbocycles. The highest BCUT2D eigenvalue weighted by atomic mass is 16.1. The van der Waals surface area contributed by atoms with Crippen LogP contribution in [0.3, 0.4) is 0 Å². The van der Waals surface area contributed by atoms with E-state index in [0.29, 0.717) is 6.42 Å². The number of rotatable bonds is 5. The predicted octanol–water partition coefficient (Wildman–Crippen LogP) is 2.09. The van der Waals surface area contributed by atoms with Crippen LogP contribution in [0.4, 0.5) is 0 Å². The molecule has 0 fully saturated rings. The van der Waals surface area contributed by atoms with Gasteiger partial charge < -0.3 is 4.90 Å². The van der Waals surface area contributed by atoms with Gasteiger partial charge in [0.15, 0.2) is 0 Å². The van der Waals surface area contributed by atoms with Gasteiger partial charge in [-0.2, -0.15) is 0 Å². The fourth-order valence-corrected chi connectivity index (χ4v) is 0.898. The Morgan fingerprint density at radius 2 is 1.92 bits per heavy atom. The highest BCUT2D eigenvalue weighted by molar-refractivity contribution is 5.75. The summed E-state index contributed by atoms with van der Waals surface area (Å²) in [6, 6.07) is 0. The van der Waals surface area contributed by atoms with Gasteiger partial charge in [0.05, 0.1) is 0 Å². The minimum atomic E-state index is 0.218. The first-order valence-electron chi connectivity index (χ1n) is 4.61. The largest absolute Gasteiger partial charge is 0.301 e. The number of carbonyl (C=O) groups is 1. The molecule has 0 rings (SSSR count). The van der Waals surface area contributed by atoms with Gasteiger partial charge in [0.25, 0.3) is 0 Å². The molecule has 0 aromatic rings. The summed E-state index contributed by atoms with van der Waals surface area (Å²) in [6.07, 6.45) is 1.78. The summed E-state index contributed by atoms with van der Waals surface area (Å²) in [6.45, 7) is 9.09. The Labute approximate surface area is 75.9 Å². The van der Waals surface area contributed by atoms with Crippen LogP contribution < -0.4 is 0 Å². The van der Waals surface area contributed by atoms with E-state index in [9.17, 15) is 4.79 Å². The number of hydrogen-bond donors (Lipinski definition) is 0. The molecule has 0 saturated heterocycles. The lowest BCUT2D eigenvalue weighted by atomic mass is 10.00. The summed E-state index contributed by atoms with van der Waals surface area (Å²) < 4.78 is 0. The number of Topliss-reactive ketones (excluding diaryl/α,β-unsaturated/α-hetero) is 1. The summed E-state index contributed by atoms with van der Waals surface area (Å²) in [4.78, 5) is 13.0. The van der Waals surface area contributed by atoms with Crippen molar-refractivity contribution in [3.63, 3.8) is 0 Å². The minimum Gasteiger partial charge on any atom is -0.301 e. The molecule has 2 nitrogen and oxygen atoms in total. The first-order valence-corrected chi connectivity index (χ1v) is 4.61. The Morgan fingerprint density at radius 3 is 2.25 bits per heavy atom. The second-order valence-electron chi connectivity index (χ2n) is 4.04. The van der Waals surface area contributed by atoms with Gasteiger partial charge in [0.1, 0.15) is 5.78 Å². The number of carbonyl (C=O) groups excluding carboxylic acids is 1. The van der Waals surface area contributed by atoms with Gasteiger partial charge in [-0.1, -0.05) is 6.92 Å². The smallest absolute Gasteiger partial charge is 0.131 e. The van der Waals surface area contributed by atoms with Crippen molar-refractivity contribution in [3.05, 3.63) is 0 Å². The molecule has 12 heavy (non-hydrogen) atoms. The van der Waals surface area contributed by atoms with Crippen molar-refractivity contribution < 1.29 is 4.79 Å². The van der Waals surface area contributed by atoms with Gasteiger partial charge in [-0.15, -0.1) is 0 Å². The summed E-state index contributed by atoms with van der Waals surface area (Å²) >= 11 is 0. The lowest BCUT2D eigenvalue weighted by Gasteiger charge is -2.34. The normalized spacial score (nSPS) is 12.2. The molecule has 2 heteroatoms. The van der Waals surface area contributed by atoms with E-state index in [-0.39, 0.29) is 11.3 Å². The van der Waals surface area contributed by atoms with Crippen LogP contribution in [0.1, 0.15) is 40.5 Å². The van der Waals surface area contributed by atoms with Crippen molar-refractivity contribution in [1.29, 1.82) is 0 Å². The summed E-state index contributed by atoms with van der Waals surface area (Å²) in [5, 5.41) is 0. The van der Waals surface area contributed by atoms with Crippen molar-refractivity contribution in [2.45, 2.75) is 46.1 Å². The molecule has 0 aromatic heterocycles. The van der Waals surface area contributed by atoms with E-state index < -0.39 is 0 Å². The van der Waals surface area contributed by atoms with Crippen molar-refractivity contribution in [3.8, 4) is 0 Å². The molecule has 0 N–H and O–H groups in total. The van der Waals surface area contributed by atoms with Gasteiger partial charge in [0.2, 0.25) is 0 Å². The van der Waals surface area contributed by atoms with Crippen molar-refractivity contribution in [2.24, 2.45) is 0 Å². The molecule has 0 atom stereocenters. The third kappa shape index (κ3) is 3.86. The average Bonchev–Trinajstić information content (AvgIpc) is 2.00. The monoisotopic (exact) mass is 171 g/mol. The third-order valence-corrected chi connectivity index (χ3v) is 2.70. The molecule has 0 aliphatic rings. The lowest BCUT2D eigenvalue weighted by molar-refractivity contribution is -0.117. The number of nitrogens with zero attached hydrogens (tertiary/aromatic N) is 1. The topological polar surface area (TPSA) is 20.3 Å². The molecular formula is C10H21NO. The van der Waals surface area contributed by atoms with E-state index >= 15 is 0 Å². The van der Waals surface area contributed by atoms with Crippen LogP contribution in [-0.4, -0.2) is 29.8 Å². The van der Waals surface area contributed by atoms with Gasteiger partial charge in [-0.25, -0.2) is 0 Å². The molecule has 0 radical (unpaired) electrons. The quantitative estimate of drug-likeness (QED) is 0.631. The fourth-order valence-electron chi connectivity index (χ4n) is 0.898. The maximum atomic E-state index is 10.7. The van der Waals surface area contributed by atoms with E-state index in [1.165, 1.54) is 0 Å². The fraction of sp³-hybridized carbons (Fsp3) is 0.900. The summed E-state index contributed by atoms with van der Waals surface area (Å²) in [5.74, 6) is 0.272. The van der Waals surface area contributed by atoms with Crippen molar-refractivity contribution in [2.75, 3.05) is 13.6 Å². The molecule has 0 amide bonds. The Bertz CT molecular complexity index is 152. The molecule has 0 spiro atoms. The zero-order valence-corrected chi connectivity index (χ0v) is 8.98. The third-order valence-electron chi connectivity index (χ3n) is 2.70. The molecule has 0 heterocycles. The molecule has 72 valence electrons. The number of ketones is 1. The van der Waals surface area contributed by atoms with E-state index in [4.69, 9.17) is 0 Å². The summed E-state index contributed by atoms with van der Waals surface area (Å²) in [5.41, 5.74) is 0.218. The lowest BCUT2D eigenvalue weighted by Crippen LogP contribution is -2.41. The average molecular weight is 171 g/mol. The highest BCUT2D eigenvalue weighted by Gasteiger charge is 2.20. The van der Waals surface area contributed by atoms with Gasteiger partial charge in [-0.3, -0.25) is 4.79 Å². The second-order valence-corrected chi connectivity index (χ2v) is 4.04. The molecule has 0 saturated carbocycles. The molecular weight excluding hydrogens is 150 g/mol.